The van der Waals surface area contributed by atoms with Crippen molar-refractivity contribution in [2.24, 2.45) is 0 Å². The van der Waals surface area contributed by atoms with Crippen molar-refractivity contribution < 1.29 is 23.8 Å². The van der Waals surface area contributed by atoms with Crippen molar-refractivity contribution in [3.63, 3.8) is 0 Å². The lowest BCUT2D eigenvalue weighted by atomic mass is 10.2. The molecule has 2 aromatic heterocycles. The fraction of sp³-hybridized carbons (Fsp3) is 0.467. The first-order valence-corrected chi connectivity index (χ1v) is 14.1. The molecule has 3 aromatic rings. The van der Waals surface area contributed by atoms with Crippen LogP contribution in [0.15, 0.2) is 48.9 Å². The Balaban J connectivity index is 1.39. The van der Waals surface area contributed by atoms with E-state index in [2.05, 4.69) is 33.4 Å². The van der Waals surface area contributed by atoms with Crippen molar-refractivity contribution in [2.75, 3.05) is 39.9 Å². The molecule has 4 heterocycles. The summed E-state index contributed by atoms with van der Waals surface area (Å²) in [7, 11) is 1.56. The zero-order valence-electron chi connectivity index (χ0n) is 23.9. The Bertz CT molecular complexity index is 1360. The molecule has 11 heteroatoms. The van der Waals surface area contributed by atoms with E-state index >= 15 is 0 Å². The summed E-state index contributed by atoms with van der Waals surface area (Å²) in [6, 6.07) is 9.05. The van der Waals surface area contributed by atoms with Crippen molar-refractivity contribution in [3.8, 4) is 11.5 Å². The molecule has 0 unspecified atom stereocenters. The third-order valence-corrected chi connectivity index (χ3v) is 7.33. The van der Waals surface area contributed by atoms with E-state index in [-0.39, 0.29) is 37.0 Å². The highest BCUT2D eigenvalue weighted by Gasteiger charge is 2.35. The number of carbonyl (C=O) groups is 2. The van der Waals surface area contributed by atoms with Crippen molar-refractivity contribution in [1.29, 1.82) is 0 Å². The summed E-state index contributed by atoms with van der Waals surface area (Å²) >= 11 is 0. The number of aromatic nitrogens is 3. The molecule has 2 aliphatic rings. The molecule has 2 aliphatic heterocycles. The molecule has 1 aromatic carbocycles. The van der Waals surface area contributed by atoms with Crippen molar-refractivity contribution in [2.45, 2.75) is 52.1 Å². The van der Waals surface area contributed by atoms with Crippen LogP contribution in [-0.2, 0) is 34.0 Å². The zero-order chi connectivity index (χ0) is 28.8. The van der Waals surface area contributed by atoms with E-state index in [1.807, 2.05) is 35.9 Å². The number of fused-ring (bicyclic) bond motifs is 5. The number of carbonyl (C=O) groups excluding carboxylic acids is 2. The van der Waals surface area contributed by atoms with Crippen LogP contribution in [0.5, 0.6) is 11.5 Å². The fourth-order valence-corrected chi connectivity index (χ4v) is 5.28. The SMILES string of the molecule is CCCn1cc(CN2C[C@@H]3NC(=O)CN(CCOC)C(=O)c4cncc(c4)Oc4cccc(c4)CO[C@H]3C2)c(C)n1. The number of aryl methyl sites for hydroxylation is 2. The average Bonchev–Trinajstić information content (AvgIpc) is 3.50. The molecule has 1 N–H and O–H groups in total. The lowest BCUT2D eigenvalue weighted by Crippen LogP contribution is -2.49. The highest BCUT2D eigenvalue weighted by molar-refractivity contribution is 5.96. The topological polar surface area (TPSA) is 111 Å². The van der Waals surface area contributed by atoms with Gasteiger partial charge in [0.15, 0.2) is 0 Å². The van der Waals surface area contributed by atoms with Crippen LogP contribution < -0.4 is 10.1 Å². The predicted octanol–water partition coefficient (Wildman–Crippen LogP) is 2.78. The molecule has 4 bridgehead atoms. The van der Waals surface area contributed by atoms with Gasteiger partial charge in [0.1, 0.15) is 11.5 Å². The number of likely N-dealkylation sites (tertiary alicyclic amines) is 1. The van der Waals surface area contributed by atoms with Gasteiger partial charge < -0.3 is 24.4 Å². The van der Waals surface area contributed by atoms with Gasteiger partial charge in [0.2, 0.25) is 5.91 Å². The third-order valence-electron chi connectivity index (χ3n) is 7.33. The first-order chi connectivity index (χ1) is 19.9. The number of nitrogens with one attached hydrogen (secondary N) is 1. The first kappa shape index (κ1) is 28.7. The summed E-state index contributed by atoms with van der Waals surface area (Å²) in [5, 5.41) is 7.80. The molecule has 0 aliphatic carbocycles. The third kappa shape index (κ3) is 7.29. The Morgan fingerprint density at radius 1 is 1.12 bits per heavy atom. The van der Waals surface area contributed by atoms with E-state index in [9.17, 15) is 9.59 Å². The van der Waals surface area contributed by atoms with Gasteiger partial charge in [0, 0.05) is 57.8 Å². The predicted molar refractivity (Wildman–Crippen MR) is 152 cm³/mol. The van der Waals surface area contributed by atoms with Crippen LogP contribution in [-0.4, -0.2) is 88.4 Å². The minimum Gasteiger partial charge on any atom is -0.456 e. The van der Waals surface area contributed by atoms with Crippen LogP contribution in [0.25, 0.3) is 0 Å². The Morgan fingerprint density at radius 3 is 2.83 bits per heavy atom. The van der Waals surface area contributed by atoms with E-state index in [1.165, 1.54) is 16.7 Å². The Hall–Kier alpha value is -3.80. The molecule has 0 spiro atoms. The van der Waals surface area contributed by atoms with Crippen LogP contribution in [0.3, 0.4) is 0 Å². The number of methoxy groups -OCH3 is 1. The Kier molecular flexibility index (Phi) is 9.28. The highest BCUT2D eigenvalue weighted by atomic mass is 16.5. The van der Waals surface area contributed by atoms with E-state index in [4.69, 9.17) is 14.2 Å². The number of benzene rings is 1. The quantitative estimate of drug-likeness (QED) is 0.468. The summed E-state index contributed by atoms with van der Waals surface area (Å²) in [5.41, 5.74) is 3.46. The monoisotopic (exact) mass is 562 g/mol. The molecule has 2 amide bonds. The van der Waals surface area contributed by atoms with E-state index < -0.39 is 0 Å². The standard InChI is InChI=1S/C30H38N6O5/c1-4-8-36-16-24(21(2)33-36)15-34-17-27-28(18-34)40-20-22-6-5-7-25(11-22)41-26-12-23(13-31-14-26)30(38)35(9-10-39-3)19-29(37)32-27/h5-7,11-14,16,27-28H,4,8-10,15,17-20H2,1-3H3,(H,32,37)/t27-,28-/m0/s1. The molecule has 5 rings (SSSR count). The molecule has 0 saturated carbocycles. The van der Waals surface area contributed by atoms with Gasteiger partial charge in [-0.15, -0.1) is 0 Å². The van der Waals surface area contributed by atoms with Crippen molar-refractivity contribution in [1.82, 2.24) is 29.9 Å². The summed E-state index contributed by atoms with van der Waals surface area (Å²) < 4.78 is 19.7. The van der Waals surface area contributed by atoms with Gasteiger partial charge in [-0.2, -0.15) is 5.10 Å². The minimum absolute atomic E-state index is 0.113. The van der Waals surface area contributed by atoms with Gasteiger partial charge in [-0.1, -0.05) is 19.1 Å². The van der Waals surface area contributed by atoms with E-state index in [0.29, 0.717) is 49.9 Å². The van der Waals surface area contributed by atoms with Crippen molar-refractivity contribution >= 4 is 11.8 Å². The number of nitrogens with zero attached hydrogens (tertiary/aromatic N) is 5. The molecule has 41 heavy (non-hydrogen) atoms. The first-order valence-electron chi connectivity index (χ1n) is 14.1. The fourth-order valence-electron chi connectivity index (χ4n) is 5.28. The van der Waals surface area contributed by atoms with Gasteiger partial charge in [0.05, 0.1) is 49.4 Å². The second-order valence-electron chi connectivity index (χ2n) is 10.6. The molecular weight excluding hydrogens is 524 g/mol. The maximum absolute atomic E-state index is 13.4. The van der Waals surface area contributed by atoms with Gasteiger partial charge in [0.25, 0.3) is 5.91 Å². The highest BCUT2D eigenvalue weighted by Crippen LogP contribution is 2.25. The normalized spacial score (nSPS) is 20.0. The molecule has 2 atom stereocenters. The van der Waals surface area contributed by atoms with Crippen LogP contribution in [0.4, 0.5) is 0 Å². The summed E-state index contributed by atoms with van der Waals surface area (Å²) in [4.78, 5) is 34.7. The smallest absolute Gasteiger partial charge is 0.256 e. The lowest BCUT2D eigenvalue weighted by molar-refractivity contribution is -0.123. The van der Waals surface area contributed by atoms with Crippen LogP contribution in [0.2, 0.25) is 0 Å². The van der Waals surface area contributed by atoms with Crippen LogP contribution in [0.1, 0.15) is 40.5 Å². The Morgan fingerprint density at radius 2 is 2.00 bits per heavy atom. The summed E-state index contributed by atoms with van der Waals surface area (Å²) in [6.07, 6.45) is 5.93. The summed E-state index contributed by atoms with van der Waals surface area (Å²) in [5.74, 6) is 0.479. The second kappa shape index (κ2) is 13.2. The van der Waals surface area contributed by atoms with E-state index in [0.717, 1.165) is 24.2 Å². The molecule has 0 radical (unpaired) electrons. The molecular formula is C30H38N6O5. The van der Waals surface area contributed by atoms with Crippen LogP contribution in [0, 0.1) is 6.92 Å². The summed E-state index contributed by atoms with van der Waals surface area (Å²) in [6.45, 7) is 7.85. The number of pyridine rings is 1. The average molecular weight is 563 g/mol. The lowest BCUT2D eigenvalue weighted by Gasteiger charge is -2.25. The molecule has 11 nitrogen and oxygen atoms in total. The number of hydrogen-bond donors (Lipinski definition) is 1. The zero-order valence-corrected chi connectivity index (χ0v) is 23.9. The minimum atomic E-state index is -0.323. The van der Waals surface area contributed by atoms with Gasteiger partial charge in [-0.05, 0) is 37.1 Å². The largest absolute Gasteiger partial charge is 0.456 e. The molecule has 1 saturated heterocycles. The number of rotatable bonds is 7. The van der Waals surface area contributed by atoms with Gasteiger partial charge >= 0.3 is 0 Å². The van der Waals surface area contributed by atoms with Gasteiger partial charge in [-0.3, -0.25) is 24.2 Å². The maximum atomic E-state index is 13.4. The second-order valence-corrected chi connectivity index (χ2v) is 10.6. The number of ether oxygens (including phenoxy) is 3. The Labute approximate surface area is 240 Å². The maximum Gasteiger partial charge on any atom is 0.256 e. The van der Waals surface area contributed by atoms with E-state index in [1.54, 1.807) is 19.4 Å². The van der Waals surface area contributed by atoms with Crippen LogP contribution >= 0.6 is 0 Å². The molecule has 1 fully saturated rings. The number of hydrogen-bond acceptors (Lipinski definition) is 8. The number of amides is 2. The van der Waals surface area contributed by atoms with Crippen molar-refractivity contribution in [3.05, 3.63) is 71.3 Å². The molecule has 218 valence electrons. The van der Waals surface area contributed by atoms with Gasteiger partial charge in [-0.25, -0.2) is 0 Å².